The second-order valence-electron chi connectivity index (χ2n) is 10.5. The van der Waals surface area contributed by atoms with E-state index in [0.29, 0.717) is 19.1 Å². The third kappa shape index (κ3) is 16.3. The number of hydrogen-bond donors (Lipinski definition) is 1. The van der Waals surface area contributed by atoms with Crippen LogP contribution < -0.4 is 0 Å². The number of hydrogen-bond acceptors (Lipinski definition) is 16. The monoisotopic (exact) mass is 1430 g/mol. The first kappa shape index (κ1) is 52.6. The predicted molar refractivity (Wildman–Crippen MR) is 176 cm³/mol. The molecule has 0 aliphatic rings. The van der Waals surface area contributed by atoms with Crippen LogP contribution in [-0.2, 0) is 67.5 Å². The molecule has 0 heterocycles. The molecule has 1 N–H and O–H groups in total. The van der Waals surface area contributed by atoms with Crippen LogP contribution in [0.5, 0.6) is 0 Å². The van der Waals surface area contributed by atoms with Gasteiger partial charge >= 0.3 is 100 Å². The Hall–Kier alpha value is -1.25. The van der Waals surface area contributed by atoms with Crippen molar-refractivity contribution >= 4 is 124 Å². The minimum absolute atomic E-state index is 0. The van der Waals surface area contributed by atoms with E-state index in [0.717, 1.165) is 26.1 Å². The molecule has 0 aliphatic carbocycles. The van der Waals surface area contributed by atoms with Crippen molar-refractivity contribution in [3.63, 3.8) is 0 Å². The summed E-state index contributed by atoms with van der Waals surface area (Å²) < 4.78 is 172. The molecule has 1 atom stereocenters. The molecule has 0 spiro atoms. The Bertz CT molecular complexity index is 1340. The van der Waals surface area contributed by atoms with Crippen molar-refractivity contribution in [1.82, 2.24) is 0 Å². The molecule has 252 valence electrons. The van der Waals surface area contributed by atoms with Gasteiger partial charge in [-0.1, -0.05) is 32.6 Å². The molecular weight excluding hydrogens is 1400 g/mol. The van der Waals surface area contributed by atoms with Crippen LogP contribution in [0.3, 0.4) is 0 Å². The Labute approximate surface area is 279 Å². The molecule has 0 aromatic heterocycles. The van der Waals surface area contributed by atoms with Gasteiger partial charge in [0.15, 0.2) is 0 Å². The van der Waals surface area contributed by atoms with Crippen LogP contribution in [0.15, 0.2) is 0 Å². The van der Waals surface area contributed by atoms with Crippen molar-refractivity contribution in [3.8, 4) is 0 Å². The van der Waals surface area contributed by atoms with Crippen LogP contribution in [-0.4, -0.2) is 142 Å². The molecule has 0 rings (SSSR count). The molecule has 16 nitrogen and oxygen atoms in total. The quantitative estimate of drug-likeness (QED) is 0.0675. The van der Waals surface area contributed by atoms with E-state index in [4.69, 9.17) is 4.74 Å². The van der Waals surface area contributed by atoms with Crippen LogP contribution in [0.25, 0.3) is 0 Å². The molecule has 0 aromatic carbocycles. The fraction of sp³-hybridized carbons (Fsp3) is 0.846. The molecule has 0 radical (unpaired) electrons. The van der Waals surface area contributed by atoms with Gasteiger partial charge in [-0.2, -0.15) is 0 Å². The molecule has 0 fully saturated rings. The molecule has 0 saturated heterocycles. The molecule has 0 bridgehead atoms. The van der Waals surface area contributed by atoms with Crippen LogP contribution in [0, 0.1) is 14.2 Å². The first-order valence-corrected chi connectivity index (χ1v) is 55.2. The maximum atomic E-state index is 13.0. The van der Waals surface area contributed by atoms with Gasteiger partial charge in [0.2, 0.25) is 7.83 Å². The van der Waals surface area contributed by atoms with Gasteiger partial charge in [-0.25, -0.2) is 14.2 Å². The van der Waals surface area contributed by atoms with Gasteiger partial charge in [-0.05, 0) is 25.9 Å². The first-order chi connectivity index (χ1) is 20.5. The van der Waals surface area contributed by atoms with Crippen molar-refractivity contribution in [2.75, 3.05) is 13.2 Å². The summed E-state index contributed by atoms with van der Waals surface area (Å²) in [5, 5.41) is 0. The summed E-state index contributed by atoms with van der Waals surface area (Å²) in [7, 11) is -51.0. The Morgan fingerprint density at radius 2 is 0.872 bits per heavy atom. The smallest absolute Gasteiger partial charge is 0.381 e. The number of rotatable bonds is 21. The molecule has 1 unspecified atom stereocenters. The Morgan fingerprint density at radius 1 is 0.574 bits per heavy atom. The minimum atomic E-state index is -4.12. The van der Waals surface area contributed by atoms with Gasteiger partial charge in [-0.3, -0.25) is 0 Å². The summed E-state index contributed by atoms with van der Waals surface area (Å²) >= 11 is 0. The fourth-order valence-electron chi connectivity index (χ4n) is 2.96. The summed E-state index contributed by atoms with van der Waals surface area (Å²) in [5.74, 6) is 0. The maximum Gasteiger partial charge on any atom is 0.381 e. The van der Waals surface area contributed by atoms with Crippen molar-refractivity contribution in [2.24, 2.45) is 0 Å². The van der Waals surface area contributed by atoms with Crippen molar-refractivity contribution in [1.29, 1.82) is 0 Å². The second-order valence-corrected chi connectivity index (χ2v) is 98.9. The van der Waals surface area contributed by atoms with E-state index >= 15 is 0 Å². The van der Waals surface area contributed by atoms with Crippen molar-refractivity contribution in [2.45, 2.75) is 58.5 Å². The Kier molecular flexibility index (Phi) is 26.8. The van der Waals surface area contributed by atoms with E-state index in [1.54, 1.807) is 6.55 Å². The summed E-state index contributed by atoms with van der Waals surface area (Å²) in [4.78, 5) is 9.80. The largest absolute Gasteiger partial charge is 0.555 e. The van der Waals surface area contributed by atoms with Crippen LogP contribution in [0.2, 0.25) is 38.8 Å². The normalized spacial score (nSPS) is 11.1. The summed E-state index contributed by atoms with van der Waals surface area (Å²) in [5.41, 5.74) is 0. The average molecular weight is 1430 g/mol. The third-order valence-electron chi connectivity index (χ3n) is 6.07. The maximum absolute atomic E-state index is 13.0. The molecule has 0 saturated carbocycles. The SMILES string of the molecule is [CH2-]OCCC.[CH2-]OCCC[Si](C)(C)[SiH](C)[Si](=O)[Si](=O)[Si](=O)[Si](=O)[Si](=O)[Si](=O)[Si](=O)[Si](=O)[Si](=O)[Si](=O)[Si](=O)[Si](=O)[Si](=O)[Si](C)(C)O.[Rf].[Rf]. The van der Waals surface area contributed by atoms with E-state index in [1.807, 2.05) is 20.0 Å². The van der Waals surface area contributed by atoms with Gasteiger partial charge in [0.05, 0.1) is 7.83 Å². The van der Waals surface area contributed by atoms with Gasteiger partial charge < -0.3 is 72.3 Å². The molecular formula is C13H34O16Rf2Si16-2. The zero-order chi connectivity index (χ0) is 36.0. The van der Waals surface area contributed by atoms with Crippen molar-refractivity contribution in [3.05, 3.63) is 14.2 Å². The van der Waals surface area contributed by atoms with Crippen LogP contribution in [0.4, 0.5) is 0 Å². The standard InChI is InChI=1S/C9H25O15Si16.C4H9O.2Rf/c1-24-8-7-9-39(3,4)25(2)26(10)27(11)28(12)29(13)30(14)31(15)32(16)33(17)34(18)35(19)36(20)37(21)38(22)40(5,6)23;1-3-4-5-2;;/h23,25H,1,7-9H2,2-6H3;2-4H2,1H3;;/q2*-1;;. The summed E-state index contributed by atoms with van der Waals surface area (Å²) in [6, 6.07) is 0.665. The predicted octanol–water partition coefficient (Wildman–Crippen LogP) is -3.19. The van der Waals surface area contributed by atoms with E-state index in [2.05, 4.69) is 19.0 Å². The Morgan fingerprint density at radius 3 is 1.13 bits per heavy atom. The molecule has 34 heteroatoms. The molecule has 0 amide bonds. The molecule has 47 heavy (non-hydrogen) atoms. The average Bonchev–Trinajstić information content (AvgIpc) is 2.99. The fourth-order valence-corrected chi connectivity index (χ4v) is 197. The topological polar surface area (TPSA) is 261 Å². The van der Waals surface area contributed by atoms with E-state index < -0.39 is 124 Å². The molecule has 0 aliphatic heterocycles. The molecule has 0 aromatic rings. The van der Waals surface area contributed by atoms with Crippen LogP contribution >= 0.6 is 0 Å². The Balaban J connectivity index is -0.00000122. The second kappa shape index (κ2) is 24.0. The van der Waals surface area contributed by atoms with Crippen molar-refractivity contribution < 1.29 is 72.3 Å². The van der Waals surface area contributed by atoms with Gasteiger partial charge in [0.1, 0.15) is 0 Å². The van der Waals surface area contributed by atoms with E-state index in [-0.39, 0.29) is 0 Å². The summed E-state index contributed by atoms with van der Waals surface area (Å²) in [6.07, 6.45) is 1.68. The third-order valence-corrected chi connectivity index (χ3v) is 144. The number of ether oxygens (including phenoxy) is 2. The minimum Gasteiger partial charge on any atom is -0.555 e. The van der Waals surface area contributed by atoms with E-state index in [9.17, 15) is 62.8 Å². The zero-order valence-corrected chi connectivity index (χ0v) is 56.0. The van der Waals surface area contributed by atoms with Gasteiger partial charge in [0.25, 0.3) is 0 Å². The first-order valence-electron chi connectivity index (χ1n) is 13.0. The van der Waals surface area contributed by atoms with E-state index in [1.165, 1.54) is 0 Å². The van der Waals surface area contributed by atoms with Gasteiger partial charge in [-0.15, -0.1) is 0 Å². The van der Waals surface area contributed by atoms with Gasteiger partial charge in [0, 0.05) is 20.8 Å². The summed E-state index contributed by atoms with van der Waals surface area (Å²) in [6.45, 7) is 11.0. The van der Waals surface area contributed by atoms with Crippen LogP contribution in [0.1, 0.15) is 19.8 Å². The zero-order valence-electron chi connectivity index (χ0n) is 27.0.